The summed E-state index contributed by atoms with van der Waals surface area (Å²) in [7, 11) is 0. The number of hydrogen-bond acceptors (Lipinski definition) is 6. The lowest BCUT2D eigenvalue weighted by molar-refractivity contribution is 0.796. The zero-order valence-electron chi connectivity index (χ0n) is 38.4. The maximum absolute atomic E-state index is 11.9. The summed E-state index contributed by atoms with van der Waals surface area (Å²) in [6.07, 6.45) is 3.25. The molecule has 14 heteroatoms. The van der Waals surface area contributed by atoms with Crippen LogP contribution in [0.15, 0.2) is 158 Å². The van der Waals surface area contributed by atoms with E-state index in [1.54, 1.807) is 36.7 Å². The first-order chi connectivity index (χ1) is 34.0. The number of hydrogen-bond donors (Lipinski definition) is 0. The van der Waals surface area contributed by atoms with E-state index >= 15 is 0 Å². The molecule has 10 aromatic rings. The van der Waals surface area contributed by atoms with Gasteiger partial charge in [0, 0.05) is 22.2 Å². The van der Waals surface area contributed by atoms with Crippen LogP contribution in [0.4, 0.5) is 0 Å². The highest BCUT2D eigenvalue weighted by molar-refractivity contribution is 6.85. The van der Waals surface area contributed by atoms with Crippen molar-refractivity contribution in [3.63, 3.8) is 0 Å². The number of nitrogens with zero attached hydrogens (tertiary/aromatic N) is 8. The van der Waals surface area contributed by atoms with Crippen LogP contribution in [0, 0.1) is 22.7 Å². The molecule has 0 N–H and O–H groups in total. The van der Waals surface area contributed by atoms with Gasteiger partial charge in [0.1, 0.15) is 34.7 Å². The molecule has 0 saturated heterocycles. The fraction of sp³-hybridized carbons (Fsp3) is 0.107. The Bertz CT molecular complexity index is 3540. The molecule has 6 aromatic carbocycles. The molecule has 0 aliphatic heterocycles. The molecule has 0 fully saturated rings. The minimum Gasteiger partial charge on any atom is -0.378 e. The van der Waals surface area contributed by atoms with Gasteiger partial charge in [0.15, 0.2) is 0 Å². The van der Waals surface area contributed by atoms with Crippen molar-refractivity contribution in [1.82, 2.24) is 28.9 Å². The predicted molar refractivity (Wildman–Crippen MR) is 289 cm³/mol. The van der Waals surface area contributed by atoms with E-state index in [1.165, 1.54) is 0 Å². The molecular formula is C56H40B2Cl4N8. The molecule has 0 amide bonds. The highest BCUT2D eigenvalue weighted by atomic mass is 35.5. The third-order valence-corrected chi connectivity index (χ3v) is 14.1. The SMILES string of the molecule is CC(C)c1c2/c(=C(\C#N)c3cnc4cc(Cl)c(Cl)cc4n3)n(B(c3ccccc3)c3ccccc3)c(C(C)C)c2/c(=C(\C#N)c2cnc3cc(Cl)c(Cl)cc3n2)n1B(c1ccccc1)c1ccccc1. The van der Waals surface area contributed by atoms with Crippen LogP contribution in [-0.4, -0.2) is 42.6 Å². The van der Waals surface area contributed by atoms with E-state index in [0.717, 1.165) is 44.0 Å². The molecule has 4 heterocycles. The first-order valence-corrected chi connectivity index (χ1v) is 24.3. The second-order valence-corrected chi connectivity index (χ2v) is 19.3. The fourth-order valence-electron chi connectivity index (χ4n) is 9.86. The number of rotatable bonds is 10. The molecule has 0 spiro atoms. The first-order valence-electron chi connectivity index (χ1n) is 22.8. The summed E-state index contributed by atoms with van der Waals surface area (Å²) >= 11 is 26.2. The van der Waals surface area contributed by atoms with E-state index in [4.69, 9.17) is 66.3 Å². The van der Waals surface area contributed by atoms with Gasteiger partial charge in [-0.3, -0.25) is 9.97 Å². The van der Waals surface area contributed by atoms with Crippen molar-refractivity contribution in [3.8, 4) is 12.1 Å². The molecule has 0 unspecified atom stereocenters. The van der Waals surface area contributed by atoms with Crippen molar-refractivity contribution in [1.29, 1.82) is 10.5 Å². The quantitative estimate of drug-likeness (QED) is 0.126. The third kappa shape index (κ3) is 8.21. The van der Waals surface area contributed by atoms with E-state index < -0.39 is 13.7 Å². The summed E-state index contributed by atoms with van der Waals surface area (Å²) in [4.78, 5) is 19.9. The summed E-state index contributed by atoms with van der Waals surface area (Å²) in [5.74, 6) is -0.389. The van der Waals surface area contributed by atoms with Crippen LogP contribution < -0.4 is 32.5 Å². The summed E-state index contributed by atoms with van der Waals surface area (Å²) in [6.45, 7) is 7.70. The highest BCUT2D eigenvalue weighted by Crippen LogP contribution is 2.34. The Morgan fingerprint density at radius 1 is 0.457 bits per heavy atom. The monoisotopic (exact) mass is 986 g/mol. The molecule has 0 radical (unpaired) electrons. The van der Waals surface area contributed by atoms with Crippen molar-refractivity contribution in [2.75, 3.05) is 0 Å². The van der Waals surface area contributed by atoms with Gasteiger partial charge in [-0.05, 0) is 36.1 Å². The van der Waals surface area contributed by atoms with Crippen molar-refractivity contribution < 1.29 is 0 Å². The minimum absolute atomic E-state index is 0.195. The zero-order valence-corrected chi connectivity index (χ0v) is 41.4. The van der Waals surface area contributed by atoms with Gasteiger partial charge < -0.3 is 8.96 Å². The largest absolute Gasteiger partial charge is 0.378 e. The lowest BCUT2D eigenvalue weighted by Gasteiger charge is -2.25. The van der Waals surface area contributed by atoms with E-state index in [2.05, 4.69) is 97.3 Å². The Balaban J connectivity index is 1.53. The van der Waals surface area contributed by atoms with Crippen LogP contribution in [0.1, 0.15) is 62.3 Å². The van der Waals surface area contributed by atoms with Crippen LogP contribution in [-0.2, 0) is 0 Å². The minimum atomic E-state index is -0.467. The third-order valence-electron chi connectivity index (χ3n) is 12.7. The van der Waals surface area contributed by atoms with E-state index in [9.17, 15) is 10.5 Å². The molecule has 0 bridgehead atoms. The van der Waals surface area contributed by atoms with Crippen molar-refractivity contribution in [2.45, 2.75) is 39.5 Å². The van der Waals surface area contributed by atoms with Crippen molar-refractivity contribution in [3.05, 3.63) is 212 Å². The van der Waals surface area contributed by atoms with Crippen molar-refractivity contribution >= 4 is 126 Å². The lowest BCUT2D eigenvalue weighted by Crippen LogP contribution is -2.55. The summed E-state index contributed by atoms with van der Waals surface area (Å²) in [5, 5.41) is 28.0. The fourth-order valence-corrected chi connectivity index (χ4v) is 10.5. The maximum Gasteiger partial charge on any atom is 0.327 e. The van der Waals surface area contributed by atoms with Gasteiger partial charge in [0.05, 0.1) is 65.2 Å². The first kappa shape index (κ1) is 46.6. The average molecular weight is 988 g/mol. The predicted octanol–water partition coefficient (Wildman–Crippen LogP) is 9.94. The second-order valence-electron chi connectivity index (χ2n) is 17.7. The normalized spacial score (nSPS) is 12.4. The standard InChI is InChI=1S/C56H40B2Cl4N8/c1-33(2)53-51-52(56(40(30-64)50-32-66-46-26-42(60)44(62)28-48(46)68-50)69(53)57(35-17-9-5-10-18-35)36-19-11-6-12-20-36)54(34(3)4)70(58(37-21-13-7-14-22-37)38-23-15-8-16-24-38)55(51)39(29-63)49-31-65-45-25-41(59)43(61)27-47(45)67-49/h5-28,31-34H,1-4H3/b55-39-,56-40-. The second kappa shape index (κ2) is 19.3. The van der Waals surface area contributed by atoms with Gasteiger partial charge in [-0.15, -0.1) is 0 Å². The van der Waals surface area contributed by atoms with E-state index in [-0.39, 0.29) is 23.0 Å². The number of halogens is 4. The molecule has 10 rings (SSSR count). The Labute approximate surface area is 425 Å². The van der Waals surface area contributed by atoms with E-state index in [0.29, 0.717) is 64.2 Å². The average Bonchev–Trinajstić information content (AvgIpc) is 3.87. The van der Waals surface area contributed by atoms with Crippen molar-refractivity contribution in [2.24, 2.45) is 0 Å². The topological polar surface area (TPSA) is 109 Å². The summed E-state index contributed by atoms with van der Waals surface area (Å²) in [5.41, 5.74) is 9.03. The molecular weight excluding hydrogens is 948 g/mol. The molecule has 0 saturated carbocycles. The Morgan fingerprint density at radius 2 is 0.743 bits per heavy atom. The van der Waals surface area contributed by atoms with E-state index in [1.807, 2.05) is 72.8 Å². The molecule has 0 aliphatic rings. The molecule has 0 aliphatic carbocycles. The maximum atomic E-state index is 11.9. The molecule has 8 nitrogen and oxygen atoms in total. The van der Waals surface area contributed by atoms with Crippen LogP contribution >= 0.6 is 46.4 Å². The Morgan fingerprint density at radius 3 is 1.01 bits per heavy atom. The van der Waals surface area contributed by atoms with Gasteiger partial charge in [-0.1, -0.05) is 217 Å². The van der Waals surface area contributed by atoms with Crippen LogP contribution in [0.5, 0.6) is 0 Å². The number of fused-ring (bicyclic) bond motifs is 3. The number of benzene rings is 6. The van der Waals surface area contributed by atoms with Gasteiger partial charge in [0.2, 0.25) is 0 Å². The molecule has 70 heavy (non-hydrogen) atoms. The Kier molecular flexibility index (Phi) is 12.8. The van der Waals surface area contributed by atoms with Gasteiger partial charge in [-0.25, -0.2) is 9.97 Å². The summed E-state index contributed by atoms with van der Waals surface area (Å²) in [6, 6.07) is 53.2. The summed E-state index contributed by atoms with van der Waals surface area (Å²) < 4.78 is 4.61. The van der Waals surface area contributed by atoms with Crippen LogP contribution in [0.2, 0.25) is 20.1 Å². The molecule has 0 atom stereocenters. The zero-order chi connectivity index (χ0) is 48.8. The van der Waals surface area contributed by atoms with Crippen LogP contribution in [0.3, 0.4) is 0 Å². The van der Waals surface area contributed by atoms with Gasteiger partial charge in [-0.2, -0.15) is 10.5 Å². The number of nitriles is 2. The number of aromatic nitrogens is 6. The van der Waals surface area contributed by atoms with Gasteiger partial charge >= 0.3 is 13.7 Å². The molecule has 4 aromatic heterocycles. The molecule has 338 valence electrons. The van der Waals surface area contributed by atoms with Gasteiger partial charge in [0.25, 0.3) is 0 Å². The smallest absolute Gasteiger partial charge is 0.327 e. The highest BCUT2D eigenvalue weighted by Gasteiger charge is 2.37. The lowest BCUT2D eigenvalue weighted by atomic mass is 9.49. The van der Waals surface area contributed by atoms with Crippen LogP contribution in [0.25, 0.3) is 44.0 Å². The Hall–Kier alpha value is -7.17.